The van der Waals surface area contributed by atoms with Crippen LogP contribution in [0.2, 0.25) is 0 Å². The largest absolute Gasteiger partial charge is 0.508 e. The minimum atomic E-state index is -0.979. The van der Waals surface area contributed by atoms with Crippen LogP contribution in [0.1, 0.15) is 32.8 Å². The Hall–Kier alpha value is -2.38. The van der Waals surface area contributed by atoms with Gasteiger partial charge in [0.25, 0.3) is 0 Å². The van der Waals surface area contributed by atoms with Crippen molar-refractivity contribution in [1.82, 2.24) is 4.98 Å². The first kappa shape index (κ1) is 19.9. The number of hydrogen-bond donors (Lipinski definition) is 4. The number of aromatic amines is 1. The molecule has 0 bridgehead atoms. The number of nitrogens with two attached hydrogens (primary N) is 2. The topological polar surface area (TPSA) is 131 Å². The fourth-order valence-electron chi connectivity index (χ4n) is 2.85. The van der Waals surface area contributed by atoms with E-state index in [0.717, 1.165) is 16.5 Å². The van der Waals surface area contributed by atoms with Gasteiger partial charge in [-0.3, -0.25) is 9.59 Å². The average Bonchev–Trinajstić information content (AvgIpc) is 2.92. The molecule has 1 aromatic carbocycles. The summed E-state index contributed by atoms with van der Waals surface area (Å²) in [5.74, 6) is -1.83. The van der Waals surface area contributed by atoms with Crippen LogP contribution in [0.5, 0.6) is 5.75 Å². The van der Waals surface area contributed by atoms with E-state index in [-0.39, 0.29) is 30.9 Å². The van der Waals surface area contributed by atoms with Gasteiger partial charge in [-0.25, -0.2) is 0 Å². The first-order chi connectivity index (χ1) is 12.1. The van der Waals surface area contributed by atoms with Gasteiger partial charge in [-0.1, -0.05) is 0 Å². The highest BCUT2D eigenvalue weighted by molar-refractivity contribution is 6.02. The second-order valence-electron chi connectivity index (χ2n) is 7.42. The second kappa shape index (κ2) is 7.88. The molecule has 1 aromatic heterocycles. The van der Waals surface area contributed by atoms with Crippen molar-refractivity contribution in [2.75, 3.05) is 6.54 Å². The van der Waals surface area contributed by atoms with Crippen molar-refractivity contribution in [2.24, 2.45) is 17.4 Å². The van der Waals surface area contributed by atoms with Crippen molar-refractivity contribution in [2.45, 2.75) is 45.3 Å². The lowest BCUT2D eigenvalue weighted by Crippen LogP contribution is -2.43. The van der Waals surface area contributed by atoms with Crippen LogP contribution in [-0.2, 0) is 20.7 Å². The van der Waals surface area contributed by atoms with E-state index in [1.54, 1.807) is 45.2 Å². The van der Waals surface area contributed by atoms with Gasteiger partial charge in [0.2, 0.25) is 0 Å². The number of Topliss-reactive ketones (excluding diaryl/α,β-unsaturated/α-hetero) is 1. The van der Waals surface area contributed by atoms with Gasteiger partial charge < -0.3 is 26.3 Å². The number of rotatable bonds is 7. The summed E-state index contributed by atoms with van der Waals surface area (Å²) in [6.07, 6.45) is 2.19. The first-order valence-corrected chi connectivity index (χ1v) is 8.63. The van der Waals surface area contributed by atoms with Crippen molar-refractivity contribution in [3.05, 3.63) is 30.0 Å². The predicted molar refractivity (Wildman–Crippen MR) is 99.7 cm³/mol. The van der Waals surface area contributed by atoms with Crippen LogP contribution >= 0.6 is 0 Å². The number of benzene rings is 1. The second-order valence-corrected chi connectivity index (χ2v) is 7.42. The third-order valence-electron chi connectivity index (χ3n) is 4.05. The monoisotopic (exact) mass is 361 g/mol. The van der Waals surface area contributed by atoms with Gasteiger partial charge in [-0.05, 0) is 63.9 Å². The van der Waals surface area contributed by atoms with E-state index in [2.05, 4.69) is 4.98 Å². The van der Waals surface area contributed by atoms with Crippen molar-refractivity contribution in [1.29, 1.82) is 0 Å². The molecule has 0 amide bonds. The van der Waals surface area contributed by atoms with E-state index < -0.39 is 23.5 Å². The molecule has 2 atom stereocenters. The molecule has 26 heavy (non-hydrogen) atoms. The summed E-state index contributed by atoms with van der Waals surface area (Å²) in [6.45, 7) is 5.41. The van der Waals surface area contributed by atoms with Gasteiger partial charge in [0.05, 0.1) is 6.04 Å². The van der Waals surface area contributed by atoms with Crippen LogP contribution in [0, 0.1) is 5.92 Å². The number of carbonyl (C=O) groups is 2. The van der Waals surface area contributed by atoms with Crippen molar-refractivity contribution in [3.63, 3.8) is 0 Å². The van der Waals surface area contributed by atoms with Crippen LogP contribution in [0.3, 0.4) is 0 Å². The molecule has 2 rings (SSSR count). The number of H-pyrrole nitrogens is 1. The van der Waals surface area contributed by atoms with Gasteiger partial charge in [-0.15, -0.1) is 0 Å². The number of phenols is 1. The molecule has 0 aliphatic heterocycles. The third kappa shape index (κ3) is 4.83. The quantitative estimate of drug-likeness (QED) is 0.438. The molecule has 0 aliphatic rings. The van der Waals surface area contributed by atoms with Gasteiger partial charge in [0.1, 0.15) is 17.3 Å². The number of aromatic nitrogens is 1. The number of aromatic hydroxyl groups is 1. The van der Waals surface area contributed by atoms with E-state index in [1.165, 1.54) is 0 Å². The molecule has 0 fully saturated rings. The fraction of sp³-hybridized carbons (Fsp3) is 0.474. The molecule has 0 saturated heterocycles. The molecular formula is C19H27N3O4. The molecule has 6 N–H and O–H groups in total. The first-order valence-electron chi connectivity index (χ1n) is 8.63. The number of carbonyl (C=O) groups excluding carboxylic acids is 2. The Labute approximate surface area is 152 Å². The van der Waals surface area contributed by atoms with Crippen molar-refractivity contribution in [3.8, 4) is 5.75 Å². The summed E-state index contributed by atoms with van der Waals surface area (Å²) < 4.78 is 5.33. The maximum absolute atomic E-state index is 12.7. The predicted octanol–water partition coefficient (Wildman–Crippen LogP) is 1.62. The molecule has 0 radical (unpaired) electrons. The molecule has 0 spiro atoms. The molecule has 1 heterocycles. The zero-order chi connectivity index (χ0) is 19.5. The van der Waals surface area contributed by atoms with Gasteiger partial charge in [0.15, 0.2) is 5.78 Å². The van der Waals surface area contributed by atoms with Crippen molar-refractivity contribution < 1.29 is 19.4 Å². The minimum Gasteiger partial charge on any atom is -0.508 e. The summed E-state index contributed by atoms with van der Waals surface area (Å²) in [4.78, 5) is 28.2. The lowest BCUT2D eigenvalue weighted by atomic mass is 9.91. The van der Waals surface area contributed by atoms with Crippen LogP contribution in [0.15, 0.2) is 24.4 Å². The van der Waals surface area contributed by atoms with Gasteiger partial charge in [0, 0.05) is 17.1 Å². The van der Waals surface area contributed by atoms with Crippen LogP contribution in [-0.4, -0.2) is 40.0 Å². The summed E-state index contributed by atoms with van der Waals surface area (Å²) in [6, 6.07) is 4.07. The summed E-state index contributed by atoms with van der Waals surface area (Å²) in [5.41, 5.74) is 12.6. The Morgan fingerprint density at radius 1 is 1.31 bits per heavy atom. The zero-order valence-corrected chi connectivity index (χ0v) is 15.4. The number of esters is 1. The van der Waals surface area contributed by atoms with Crippen LogP contribution < -0.4 is 11.5 Å². The Balaban J connectivity index is 2.17. The minimum absolute atomic E-state index is 0.132. The zero-order valence-electron chi connectivity index (χ0n) is 15.4. The number of ketones is 1. The molecule has 0 saturated carbocycles. The number of fused-ring (bicyclic) bond motifs is 1. The molecule has 142 valence electrons. The van der Waals surface area contributed by atoms with Crippen LogP contribution in [0.4, 0.5) is 0 Å². The number of hydrogen-bond acceptors (Lipinski definition) is 6. The highest BCUT2D eigenvalue weighted by atomic mass is 16.6. The van der Waals surface area contributed by atoms with E-state index >= 15 is 0 Å². The van der Waals surface area contributed by atoms with Gasteiger partial charge >= 0.3 is 5.97 Å². The van der Waals surface area contributed by atoms with E-state index in [4.69, 9.17) is 16.2 Å². The molecule has 7 nitrogen and oxygen atoms in total. The smallest absolute Gasteiger partial charge is 0.317 e. The summed E-state index contributed by atoms with van der Waals surface area (Å²) in [7, 11) is 0. The standard InChI is InChI=1S/C19H27N3O4/c1-19(2,3)26-18(25)13(6-7-20)17(24)15(21)8-11-10-22-16-5-4-12(23)9-14(11)16/h4-5,9-10,13,15,22-23H,6-8,20-21H2,1-3H3/t13?,15-/m0/s1. The Bertz CT molecular complexity index is 792. The van der Waals surface area contributed by atoms with E-state index in [9.17, 15) is 14.7 Å². The third-order valence-corrected chi connectivity index (χ3v) is 4.05. The average molecular weight is 361 g/mol. The van der Waals surface area contributed by atoms with E-state index in [0.29, 0.717) is 0 Å². The maximum atomic E-state index is 12.7. The highest BCUT2D eigenvalue weighted by Crippen LogP contribution is 2.24. The molecule has 2 aromatic rings. The van der Waals surface area contributed by atoms with Gasteiger partial charge in [-0.2, -0.15) is 0 Å². The normalized spacial score (nSPS) is 14.2. The molecule has 0 aliphatic carbocycles. The summed E-state index contributed by atoms with van der Waals surface area (Å²) in [5, 5.41) is 10.5. The maximum Gasteiger partial charge on any atom is 0.317 e. The lowest BCUT2D eigenvalue weighted by Gasteiger charge is -2.24. The Kier molecular flexibility index (Phi) is 6.05. The Morgan fingerprint density at radius 3 is 2.62 bits per heavy atom. The number of ether oxygens (including phenoxy) is 1. The number of nitrogens with one attached hydrogen (secondary N) is 1. The molecular weight excluding hydrogens is 334 g/mol. The number of phenolic OH excluding ortho intramolecular Hbond substituents is 1. The van der Waals surface area contributed by atoms with Crippen LogP contribution in [0.25, 0.3) is 10.9 Å². The highest BCUT2D eigenvalue weighted by Gasteiger charge is 2.33. The van der Waals surface area contributed by atoms with E-state index in [1.807, 2.05) is 0 Å². The SMILES string of the molecule is CC(C)(C)OC(=O)C(CCN)C(=O)[C@@H](N)Cc1c[nH]c2ccc(O)cc12. The lowest BCUT2D eigenvalue weighted by molar-refractivity contribution is -0.162. The summed E-state index contributed by atoms with van der Waals surface area (Å²) >= 11 is 0. The molecule has 7 heteroatoms. The van der Waals surface area contributed by atoms with Crippen molar-refractivity contribution >= 4 is 22.7 Å². The Morgan fingerprint density at radius 2 is 2.00 bits per heavy atom. The molecule has 1 unspecified atom stereocenters. The fourth-order valence-corrected chi connectivity index (χ4v) is 2.85.